The Morgan fingerprint density at radius 1 is 1.24 bits per heavy atom. The van der Waals surface area contributed by atoms with Gasteiger partial charge in [0.15, 0.2) is 9.84 Å². The van der Waals surface area contributed by atoms with Crippen LogP contribution in [0.1, 0.15) is 32.6 Å². The predicted octanol–water partition coefficient (Wildman–Crippen LogP) is 3.37. The molecule has 116 valence electrons. The lowest BCUT2D eigenvalue weighted by atomic mass is 9.92. The lowest BCUT2D eigenvalue weighted by Gasteiger charge is -2.26. The molecular formula is C15H20BrNO3S. The maximum Gasteiger partial charge on any atom is 0.221 e. The van der Waals surface area contributed by atoms with E-state index in [9.17, 15) is 13.2 Å². The van der Waals surface area contributed by atoms with Crippen molar-refractivity contribution in [1.29, 1.82) is 0 Å². The van der Waals surface area contributed by atoms with Crippen molar-refractivity contribution in [1.82, 2.24) is 0 Å². The summed E-state index contributed by atoms with van der Waals surface area (Å²) in [6, 6.07) is 6.39. The van der Waals surface area contributed by atoms with Crippen LogP contribution in [0, 0.1) is 5.41 Å². The molecule has 0 bridgehead atoms. The summed E-state index contributed by atoms with van der Waals surface area (Å²) in [7, 11) is -3.30. The highest BCUT2D eigenvalue weighted by Gasteiger charge is 2.37. The highest BCUT2D eigenvalue weighted by molar-refractivity contribution is 9.09. The molecular weight excluding hydrogens is 354 g/mol. The van der Waals surface area contributed by atoms with Crippen LogP contribution in [0.5, 0.6) is 0 Å². The van der Waals surface area contributed by atoms with Crippen molar-refractivity contribution in [3.63, 3.8) is 0 Å². The summed E-state index contributed by atoms with van der Waals surface area (Å²) >= 11 is 3.49. The number of halogens is 1. The molecule has 1 N–H and O–H groups in total. The Labute approximate surface area is 134 Å². The first-order chi connectivity index (χ1) is 9.87. The van der Waals surface area contributed by atoms with E-state index >= 15 is 0 Å². The molecule has 0 heterocycles. The predicted molar refractivity (Wildman–Crippen MR) is 87.5 cm³/mol. The Hall–Kier alpha value is -0.880. The molecule has 1 fully saturated rings. The van der Waals surface area contributed by atoms with E-state index in [1.807, 2.05) is 0 Å². The Balaban J connectivity index is 2.17. The molecule has 0 aromatic heterocycles. The molecule has 0 radical (unpaired) electrons. The van der Waals surface area contributed by atoms with E-state index in [0.29, 0.717) is 10.6 Å². The molecule has 4 nitrogen and oxygen atoms in total. The fourth-order valence-electron chi connectivity index (χ4n) is 2.88. The van der Waals surface area contributed by atoms with E-state index in [4.69, 9.17) is 0 Å². The third kappa shape index (κ3) is 4.07. The van der Waals surface area contributed by atoms with Crippen molar-refractivity contribution in [3.8, 4) is 0 Å². The first-order valence-electron chi connectivity index (χ1n) is 7.03. The number of amides is 1. The first kappa shape index (κ1) is 16.5. The number of benzene rings is 1. The van der Waals surface area contributed by atoms with Gasteiger partial charge in [0, 0.05) is 17.9 Å². The van der Waals surface area contributed by atoms with E-state index in [0.717, 1.165) is 31.0 Å². The van der Waals surface area contributed by atoms with Crippen LogP contribution < -0.4 is 5.32 Å². The Morgan fingerprint density at radius 2 is 1.81 bits per heavy atom. The van der Waals surface area contributed by atoms with Gasteiger partial charge in [-0.15, -0.1) is 0 Å². The van der Waals surface area contributed by atoms with Crippen molar-refractivity contribution < 1.29 is 13.2 Å². The van der Waals surface area contributed by atoms with Crippen molar-refractivity contribution in [2.75, 3.05) is 16.4 Å². The lowest BCUT2D eigenvalue weighted by Crippen LogP contribution is -2.29. The molecule has 0 saturated heterocycles. The van der Waals surface area contributed by atoms with Gasteiger partial charge in [-0.05, 0) is 42.5 Å². The lowest BCUT2D eigenvalue weighted by molar-refractivity contribution is -0.114. The third-order valence-electron chi connectivity index (χ3n) is 3.98. The third-order valence-corrected chi connectivity index (χ3v) is 7.15. The van der Waals surface area contributed by atoms with Gasteiger partial charge >= 0.3 is 0 Å². The van der Waals surface area contributed by atoms with Gasteiger partial charge in [-0.2, -0.15) is 0 Å². The van der Waals surface area contributed by atoms with Crippen LogP contribution >= 0.6 is 15.9 Å². The highest BCUT2D eigenvalue weighted by Crippen LogP contribution is 2.41. The summed E-state index contributed by atoms with van der Waals surface area (Å²) in [5.74, 6) is 0.0138. The van der Waals surface area contributed by atoms with Crippen LogP contribution in [0.25, 0.3) is 0 Å². The second-order valence-electron chi connectivity index (χ2n) is 5.81. The molecule has 1 aromatic rings. The van der Waals surface area contributed by atoms with E-state index < -0.39 is 9.84 Å². The molecule has 1 aromatic carbocycles. The smallest absolute Gasteiger partial charge is 0.221 e. The zero-order valence-electron chi connectivity index (χ0n) is 12.1. The van der Waals surface area contributed by atoms with Crippen molar-refractivity contribution in [2.45, 2.75) is 37.5 Å². The van der Waals surface area contributed by atoms with E-state index in [1.165, 1.54) is 6.92 Å². The van der Waals surface area contributed by atoms with Gasteiger partial charge in [-0.1, -0.05) is 28.8 Å². The van der Waals surface area contributed by atoms with Gasteiger partial charge in [0.1, 0.15) is 0 Å². The van der Waals surface area contributed by atoms with Gasteiger partial charge in [-0.25, -0.2) is 8.42 Å². The van der Waals surface area contributed by atoms with Gasteiger partial charge < -0.3 is 5.32 Å². The molecule has 21 heavy (non-hydrogen) atoms. The molecule has 1 amide bonds. The van der Waals surface area contributed by atoms with Gasteiger partial charge in [0.25, 0.3) is 0 Å². The standard InChI is InChI=1S/C15H20BrNO3S/c1-12(18)17-13-4-6-14(7-5-13)21(19,20)11-15(10-16)8-2-3-9-15/h4-7H,2-3,8-11H2,1H3,(H,17,18). The topological polar surface area (TPSA) is 63.2 Å². The Kier molecular flexibility index (Phi) is 5.09. The second kappa shape index (κ2) is 6.48. The van der Waals surface area contributed by atoms with Crippen LogP contribution in [0.3, 0.4) is 0 Å². The summed E-state index contributed by atoms with van der Waals surface area (Å²) in [5, 5.41) is 3.36. The van der Waals surface area contributed by atoms with E-state index in [-0.39, 0.29) is 17.1 Å². The molecule has 6 heteroatoms. The van der Waals surface area contributed by atoms with Crippen molar-refractivity contribution in [3.05, 3.63) is 24.3 Å². The summed E-state index contributed by atoms with van der Waals surface area (Å²) < 4.78 is 25.2. The molecule has 0 atom stereocenters. The number of anilines is 1. The average Bonchev–Trinajstić information content (AvgIpc) is 2.87. The number of sulfone groups is 1. The minimum Gasteiger partial charge on any atom is -0.326 e. The maximum atomic E-state index is 12.6. The Bertz CT molecular complexity index is 604. The maximum absolute atomic E-state index is 12.6. The fourth-order valence-corrected chi connectivity index (χ4v) is 5.81. The minimum absolute atomic E-state index is 0.130. The number of nitrogens with one attached hydrogen (secondary N) is 1. The summed E-state index contributed by atoms with van der Waals surface area (Å²) in [4.78, 5) is 11.3. The zero-order valence-corrected chi connectivity index (χ0v) is 14.5. The van der Waals surface area contributed by atoms with Crippen molar-refractivity contribution in [2.24, 2.45) is 5.41 Å². The van der Waals surface area contributed by atoms with Crippen LogP contribution in [0.4, 0.5) is 5.69 Å². The SMILES string of the molecule is CC(=O)Nc1ccc(S(=O)(=O)CC2(CBr)CCCC2)cc1. The molecule has 1 aliphatic carbocycles. The van der Waals surface area contributed by atoms with Crippen LogP contribution in [0.2, 0.25) is 0 Å². The number of alkyl halides is 1. The molecule has 0 unspecified atom stereocenters. The molecule has 0 aliphatic heterocycles. The quantitative estimate of drug-likeness (QED) is 0.804. The fraction of sp³-hybridized carbons (Fsp3) is 0.533. The van der Waals surface area contributed by atoms with Crippen LogP contribution in [0.15, 0.2) is 29.2 Å². The van der Waals surface area contributed by atoms with E-state index in [1.54, 1.807) is 24.3 Å². The van der Waals surface area contributed by atoms with E-state index in [2.05, 4.69) is 21.2 Å². The molecule has 1 aliphatic rings. The Morgan fingerprint density at radius 3 is 2.29 bits per heavy atom. The number of hydrogen-bond acceptors (Lipinski definition) is 3. The van der Waals surface area contributed by atoms with Crippen molar-refractivity contribution >= 4 is 37.4 Å². The molecule has 1 saturated carbocycles. The molecule has 2 rings (SSSR count). The largest absolute Gasteiger partial charge is 0.326 e. The zero-order chi connectivity index (χ0) is 15.5. The summed E-state index contributed by atoms with van der Waals surface area (Å²) in [5.41, 5.74) is 0.479. The van der Waals surface area contributed by atoms with Crippen LogP contribution in [-0.4, -0.2) is 25.4 Å². The van der Waals surface area contributed by atoms with Gasteiger partial charge in [-0.3, -0.25) is 4.79 Å². The number of carbonyl (C=O) groups excluding carboxylic acids is 1. The summed E-state index contributed by atoms with van der Waals surface area (Å²) in [6.45, 7) is 1.42. The normalized spacial score (nSPS) is 17.6. The second-order valence-corrected chi connectivity index (χ2v) is 8.36. The monoisotopic (exact) mass is 373 g/mol. The minimum atomic E-state index is -3.30. The summed E-state index contributed by atoms with van der Waals surface area (Å²) in [6.07, 6.45) is 4.12. The van der Waals surface area contributed by atoms with Gasteiger partial charge in [0.05, 0.1) is 10.6 Å². The molecule has 0 spiro atoms. The van der Waals surface area contributed by atoms with Crippen LogP contribution in [-0.2, 0) is 14.6 Å². The van der Waals surface area contributed by atoms with Gasteiger partial charge in [0.2, 0.25) is 5.91 Å². The first-order valence-corrected chi connectivity index (χ1v) is 9.81. The number of rotatable bonds is 5. The average molecular weight is 374 g/mol. The number of hydrogen-bond donors (Lipinski definition) is 1. The number of carbonyl (C=O) groups is 1. The highest BCUT2D eigenvalue weighted by atomic mass is 79.9.